The molecule has 1 aliphatic heterocycles. The Morgan fingerprint density at radius 3 is 1.71 bits per heavy atom. The zero-order valence-electron chi connectivity index (χ0n) is 21.0. The van der Waals surface area contributed by atoms with Crippen molar-refractivity contribution in [3.63, 3.8) is 0 Å². The van der Waals surface area contributed by atoms with E-state index in [1.807, 2.05) is 91.0 Å². The number of hydrogen-bond acceptors (Lipinski definition) is 9. The third kappa shape index (κ3) is 9.51. The topological polar surface area (TPSA) is 124 Å². The van der Waals surface area contributed by atoms with Gasteiger partial charge in [0.05, 0.1) is 26.4 Å². The maximum Gasteiger partial charge on any atom is 1.00 e. The van der Waals surface area contributed by atoms with Crippen molar-refractivity contribution >= 4 is 10.4 Å². The van der Waals surface area contributed by atoms with Crippen LogP contribution in [0.3, 0.4) is 0 Å². The molecule has 198 valence electrons. The molecular formula is C27H29NaO9S. The Labute approximate surface area is 244 Å². The van der Waals surface area contributed by atoms with Crippen LogP contribution in [0.2, 0.25) is 0 Å². The summed E-state index contributed by atoms with van der Waals surface area (Å²) in [5.74, 6) is 0. The largest absolute Gasteiger partial charge is 1.00 e. The molecule has 11 heteroatoms. The molecule has 0 radical (unpaired) electrons. The normalized spacial score (nSPS) is 23.5. The van der Waals surface area contributed by atoms with Crippen LogP contribution >= 0.6 is 0 Å². The summed E-state index contributed by atoms with van der Waals surface area (Å²) in [4.78, 5) is 0. The first-order chi connectivity index (χ1) is 17.9. The Morgan fingerprint density at radius 2 is 1.21 bits per heavy atom. The van der Waals surface area contributed by atoms with E-state index in [-0.39, 0.29) is 56.0 Å². The number of aliphatic hydroxyl groups excluding tert-OH is 1. The minimum Gasteiger partial charge on any atom is -0.726 e. The molecule has 5 atom stereocenters. The molecule has 1 fully saturated rings. The van der Waals surface area contributed by atoms with Gasteiger partial charge in [-0.2, -0.15) is 0 Å². The summed E-state index contributed by atoms with van der Waals surface area (Å²) >= 11 is 0. The Morgan fingerprint density at radius 1 is 0.737 bits per heavy atom. The van der Waals surface area contributed by atoms with Gasteiger partial charge in [0.1, 0.15) is 24.4 Å². The van der Waals surface area contributed by atoms with Crippen molar-refractivity contribution in [2.24, 2.45) is 0 Å². The average molecular weight is 553 g/mol. The van der Waals surface area contributed by atoms with Gasteiger partial charge in [-0.1, -0.05) is 91.0 Å². The molecule has 0 aromatic heterocycles. The van der Waals surface area contributed by atoms with Gasteiger partial charge in [0.15, 0.2) is 6.29 Å². The molecule has 1 aliphatic rings. The smallest absolute Gasteiger partial charge is 0.726 e. The summed E-state index contributed by atoms with van der Waals surface area (Å²) in [6.07, 6.45) is -6.50. The van der Waals surface area contributed by atoms with Crippen molar-refractivity contribution in [1.82, 2.24) is 0 Å². The van der Waals surface area contributed by atoms with Gasteiger partial charge in [0.25, 0.3) is 0 Å². The van der Waals surface area contributed by atoms with Gasteiger partial charge in [-0.3, -0.25) is 4.18 Å². The second-order valence-electron chi connectivity index (χ2n) is 8.56. The third-order valence-corrected chi connectivity index (χ3v) is 6.24. The van der Waals surface area contributed by atoms with Crippen LogP contribution in [-0.4, -0.2) is 55.4 Å². The minimum atomic E-state index is -5.17. The minimum absolute atomic E-state index is 0. The van der Waals surface area contributed by atoms with E-state index in [2.05, 4.69) is 0 Å². The van der Waals surface area contributed by atoms with E-state index < -0.39 is 41.1 Å². The molecule has 38 heavy (non-hydrogen) atoms. The predicted octanol–water partition coefficient (Wildman–Crippen LogP) is -0.0594. The van der Waals surface area contributed by atoms with Crippen molar-refractivity contribution < 1.29 is 70.8 Å². The van der Waals surface area contributed by atoms with Crippen LogP contribution in [-0.2, 0) is 53.4 Å². The molecular weight excluding hydrogens is 523 g/mol. The van der Waals surface area contributed by atoms with E-state index in [1.54, 1.807) is 0 Å². The van der Waals surface area contributed by atoms with Crippen molar-refractivity contribution in [1.29, 1.82) is 0 Å². The van der Waals surface area contributed by atoms with Gasteiger partial charge < -0.3 is 28.6 Å². The third-order valence-electron chi connectivity index (χ3n) is 5.78. The quantitative estimate of drug-likeness (QED) is 0.187. The van der Waals surface area contributed by atoms with E-state index in [0.29, 0.717) is 0 Å². The average Bonchev–Trinajstić information content (AvgIpc) is 2.90. The molecule has 0 saturated carbocycles. The molecule has 3 aromatic rings. The summed E-state index contributed by atoms with van der Waals surface area (Å²) in [6, 6.07) is 27.9. The van der Waals surface area contributed by atoms with E-state index in [0.717, 1.165) is 16.7 Å². The van der Waals surface area contributed by atoms with Crippen LogP contribution in [0.25, 0.3) is 0 Å². The van der Waals surface area contributed by atoms with E-state index in [4.69, 9.17) is 23.1 Å². The number of benzene rings is 3. The van der Waals surface area contributed by atoms with Crippen LogP contribution in [0.1, 0.15) is 16.7 Å². The van der Waals surface area contributed by atoms with Gasteiger partial charge in [0, 0.05) is 0 Å². The molecule has 4 rings (SSSR count). The maximum atomic E-state index is 11.5. The first kappa shape index (κ1) is 30.9. The Balaban J connectivity index is 0.00000400. The maximum absolute atomic E-state index is 11.5. The number of ether oxygens (including phenoxy) is 4. The van der Waals surface area contributed by atoms with Crippen molar-refractivity contribution in [2.75, 3.05) is 6.61 Å². The van der Waals surface area contributed by atoms with Gasteiger partial charge in [-0.05, 0) is 16.7 Å². The molecule has 1 heterocycles. The summed E-state index contributed by atoms with van der Waals surface area (Å²) < 4.78 is 62.9. The molecule has 3 aromatic carbocycles. The fraction of sp³-hybridized carbons (Fsp3) is 0.333. The van der Waals surface area contributed by atoms with E-state index in [9.17, 15) is 18.1 Å². The van der Waals surface area contributed by atoms with E-state index >= 15 is 0 Å². The monoisotopic (exact) mass is 552 g/mol. The number of rotatable bonds is 12. The van der Waals surface area contributed by atoms with Gasteiger partial charge in [-0.25, -0.2) is 8.42 Å². The zero-order valence-corrected chi connectivity index (χ0v) is 23.8. The Hall–Kier alpha value is -1.67. The van der Waals surface area contributed by atoms with Crippen LogP contribution in [0, 0.1) is 0 Å². The Kier molecular flexibility index (Phi) is 12.4. The molecule has 0 amide bonds. The van der Waals surface area contributed by atoms with Crippen LogP contribution < -0.4 is 29.6 Å². The molecule has 1 saturated heterocycles. The summed E-state index contributed by atoms with van der Waals surface area (Å²) in [6.45, 7) is 0.273. The van der Waals surface area contributed by atoms with E-state index in [1.165, 1.54) is 0 Å². The van der Waals surface area contributed by atoms with Crippen molar-refractivity contribution in [2.45, 2.75) is 50.5 Å². The molecule has 0 unspecified atom stereocenters. The second kappa shape index (κ2) is 15.2. The van der Waals surface area contributed by atoms with Crippen LogP contribution in [0.4, 0.5) is 0 Å². The molecule has 1 N–H and O–H groups in total. The SMILES string of the molecule is O=S(=O)([O-])O[C@@H]1[C@H](O)[C@@H](OCc2ccccc2)[C@H](OCc2ccccc2)O[C@@H]1COCc1ccccc1.[Na+]. The van der Waals surface area contributed by atoms with Crippen LogP contribution in [0.5, 0.6) is 0 Å². The van der Waals surface area contributed by atoms with Crippen molar-refractivity contribution in [3.8, 4) is 0 Å². The molecule has 0 spiro atoms. The summed E-state index contributed by atoms with van der Waals surface area (Å²) in [7, 11) is -5.17. The zero-order chi connectivity index (χ0) is 26.1. The molecule has 9 nitrogen and oxygen atoms in total. The molecule has 0 bridgehead atoms. The van der Waals surface area contributed by atoms with Gasteiger partial charge >= 0.3 is 29.6 Å². The predicted molar refractivity (Wildman–Crippen MR) is 132 cm³/mol. The summed E-state index contributed by atoms with van der Waals surface area (Å²) in [5, 5.41) is 11.2. The fourth-order valence-corrected chi connectivity index (χ4v) is 4.49. The standard InChI is InChI=1S/C27H30O9S.Na/c28-24-25(36-37(29,30)31)23(19-32-16-20-10-4-1-5-11-20)35-27(34-18-22-14-8-3-9-15-22)26(24)33-17-21-12-6-2-7-13-21;/h1-15,23-28H,16-19H2,(H,29,30,31);/q;+1/p-1/t23-,24+,25+,26-,27-;/m1./s1. The van der Waals surface area contributed by atoms with Gasteiger partial charge in [0.2, 0.25) is 10.4 Å². The fourth-order valence-electron chi connectivity index (χ4n) is 3.98. The van der Waals surface area contributed by atoms with Crippen molar-refractivity contribution in [3.05, 3.63) is 108 Å². The first-order valence-corrected chi connectivity index (χ1v) is 13.1. The summed E-state index contributed by atoms with van der Waals surface area (Å²) in [5.41, 5.74) is 2.56. The first-order valence-electron chi connectivity index (χ1n) is 11.8. The van der Waals surface area contributed by atoms with Crippen LogP contribution in [0.15, 0.2) is 91.0 Å². The molecule has 0 aliphatic carbocycles. The van der Waals surface area contributed by atoms with Gasteiger partial charge in [-0.15, -0.1) is 0 Å². The number of aliphatic hydroxyl groups is 1. The second-order valence-corrected chi connectivity index (χ2v) is 9.57. The number of hydrogen-bond donors (Lipinski definition) is 1. The Bertz CT molecular complexity index is 1180.